The third-order valence-electron chi connectivity index (χ3n) is 2.97. The van der Waals surface area contributed by atoms with Crippen LogP contribution in [-0.4, -0.2) is 6.54 Å². The maximum Gasteiger partial charge on any atom is 0.146 e. The Balaban J connectivity index is 1.87. The molecule has 1 aromatic carbocycles. The summed E-state index contributed by atoms with van der Waals surface area (Å²) in [7, 11) is 0. The van der Waals surface area contributed by atoms with E-state index in [-0.39, 0.29) is 0 Å². The molecule has 0 saturated heterocycles. The van der Waals surface area contributed by atoms with Crippen molar-refractivity contribution in [2.75, 3.05) is 6.54 Å². The van der Waals surface area contributed by atoms with Gasteiger partial charge in [0.2, 0.25) is 0 Å². The van der Waals surface area contributed by atoms with Crippen LogP contribution in [-0.2, 0) is 13.2 Å². The molecule has 0 aliphatic rings. The molecule has 0 spiro atoms. The van der Waals surface area contributed by atoms with E-state index in [0.717, 1.165) is 47.2 Å². The Morgan fingerprint density at radius 3 is 2.90 bits per heavy atom. The van der Waals surface area contributed by atoms with Crippen LogP contribution >= 0.6 is 11.6 Å². The van der Waals surface area contributed by atoms with E-state index in [1.165, 1.54) is 0 Å². The lowest BCUT2D eigenvalue weighted by molar-refractivity contribution is 0.268. The fraction of sp³-hybridized carbons (Fsp3) is 0.375. The number of furan rings is 1. The SMILES string of the molecule is CCCNCc1coc(COc2ccc(Cl)cc2C)c1. The molecule has 0 aliphatic carbocycles. The van der Waals surface area contributed by atoms with Crippen molar-refractivity contribution < 1.29 is 9.15 Å². The van der Waals surface area contributed by atoms with Gasteiger partial charge in [-0.05, 0) is 49.7 Å². The van der Waals surface area contributed by atoms with Crippen LogP contribution < -0.4 is 10.1 Å². The van der Waals surface area contributed by atoms with Gasteiger partial charge in [-0.1, -0.05) is 18.5 Å². The molecule has 0 atom stereocenters. The summed E-state index contributed by atoms with van der Waals surface area (Å²) in [4.78, 5) is 0. The van der Waals surface area contributed by atoms with Crippen LogP contribution in [0, 0.1) is 6.92 Å². The average Bonchev–Trinajstić information content (AvgIpc) is 2.86. The van der Waals surface area contributed by atoms with Gasteiger partial charge in [-0.2, -0.15) is 0 Å². The van der Waals surface area contributed by atoms with E-state index in [4.69, 9.17) is 20.8 Å². The summed E-state index contributed by atoms with van der Waals surface area (Å²) in [5.74, 6) is 1.66. The van der Waals surface area contributed by atoms with Gasteiger partial charge in [-0.3, -0.25) is 0 Å². The van der Waals surface area contributed by atoms with E-state index >= 15 is 0 Å². The first kappa shape index (κ1) is 14.9. The topological polar surface area (TPSA) is 34.4 Å². The molecule has 20 heavy (non-hydrogen) atoms. The van der Waals surface area contributed by atoms with Crippen LogP contribution in [0.2, 0.25) is 5.02 Å². The molecule has 0 aliphatic heterocycles. The number of hydrogen-bond donors (Lipinski definition) is 1. The number of aryl methyl sites for hydroxylation is 1. The molecule has 1 N–H and O–H groups in total. The number of halogens is 1. The monoisotopic (exact) mass is 293 g/mol. The molecule has 2 aromatic rings. The largest absolute Gasteiger partial charge is 0.485 e. The molecule has 0 amide bonds. The van der Waals surface area contributed by atoms with Gasteiger partial charge in [0.05, 0.1) is 6.26 Å². The second-order valence-electron chi connectivity index (χ2n) is 4.80. The Morgan fingerprint density at radius 2 is 2.15 bits per heavy atom. The Kier molecular flexibility index (Phi) is 5.50. The predicted octanol–water partition coefficient (Wildman–Crippen LogP) is 4.32. The molecule has 1 heterocycles. The lowest BCUT2D eigenvalue weighted by Gasteiger charge is -2.07. The summed E-state index contributed by atoms with van der Waals surface area (Å²) in [5.41, 5.74) is 2.17. The Morgan fingerprint density at radius 1 is 1.30 bits per heavy atom. The van der Waals surface area contributed by atoms with E-state index < -0.39 is 0 Å². The standard InChI is InChI=1S/C16H20ClNO2/c1-3-6-18-9-13-8-15(19-10-13)11-20-16-5-4-14(17)7-12(16)2/h4-5,7-8,10,18H,3,6,9,11H2,1-2H3. The molecule has 0 fully saturated rings. The van der Waals surface area contributed by atoms with Gasteiger partial charge in [-0.25, -0.2) is 0 Å². The molecular formula is C16H20ClNO2. The van der Waals surface area contributed by atoms with E-state index in [1.807, 2.05) is 31.2 Å². The highest BCUT2D eigenvalue weighted by molar-refractivity contribution is 6.30. The third-order valence-corrected chi connectivity index (χ3v) is 3.21. The average molecular weight is 294 g/mol. The van der Waals surface area contributed by atoms with Crippen LogP contribution in [0.5, 0.6) is 5.75 Å². The van der Waals surface area contributed by atoms with Crippen LogP contribution in [0.3, 0.4) is 0 Å². The van der Waals surface area contributed by atoms with E-state index in [0.29, 0.717) is 6.61 Å². The molecule has 0 unspecified atom stereocenters. The van der Waals surface area contributed by atoms with Gasteiger partial charge >= 0.3 is 0 Å². The zero-order valence-corrected chi connectivity index (χ0v) is 12.7. The second-order valence-corrected chi connectivity index (χ2v) is 5.23. The van der Waals surface area contributed by atoms with Gasteiger partial charge in [-0.15, -0.1) is 0 Å². The van der Waals surface area contributed by atoms with Gasteiger partial charge in [0.25, 0.3) is 0 Å². The van der Waals surface area contributed by atoms with Crippen LogP contribution in [0.4, 0.5) is 0 Å². The van der Waals surface area contributed by atoms with Crippen LogP contribution in [0.25, 0.3) is 0 Å². The minimum atomic E-state index is 0.427. The first-order chi connectivity index (χ1) is 9.69. The van der Waals surface area contributed by atoms with Gasteiger partial charge in [0.15, 0.2) is 0 Å². The number of hydrogen-bond acceptors (Lipinski definition) is 3. The molecule has 108 valence electrons. The quantitative estimate of drug-likeness (QED) is 0.772. The van der Waals surface area contributed by atoms with Gasteiger partial charge in [0, 0.05) is 17.1 Å². The van der Waals surface area contributed by atoms with Crippen molar-refractivity contribution in [3.05, 3.63) is 52.4 Å². The molecule has 3 nitrogen and oxygen atoms in total. The molecule has 0 bridgehead atoms. The molecule has 0 radical (unpaired) electrons. The summed E-state index contributed by atoms with van der Waals surface area (Å²) >= 11 is 5.92. The highest BCUT2D eigenvalue weighted by atomic mass is 35.5. The lowest BCUT2D eigenvalue weighted by atomic mass is 10.2. The van der Waals surface area contributed by atoms with Crippen molar-refractivity contribution in [2.24, 2.45) is 0 Å². The zero-order valence-electron chi connectivity index (χ0n) is 11.9. The summed E-state index contributed by atoms with van der Waals surface area (Å²) in [5, 5.41) is 4.06. The van der Waals surface area contributed by atoms with Gasteiger partial charge < -0.3 is 14.5 Å². The minimum Gasteiger partial charge on any atom is -0.485 e. The predicted molar refractivity (Wildman–Crippen MR) is 81.2 cm³/mol. The molecule has 2 rings (SSSR count). The van der Waals surface area contributed by atoms with Crippen LogP contribution in [0.1, 0.15) is 30.2 Å². The number of rotatable bonds is 7. The Labute approximate surface area is 124 Å². The van der Waals surface area contributed by atoms with Crippen molar-refractivity contribution in [2.45, 2.75) is 33.4 Å². The molecule has 1 aromatic heterocycles. The zero-order chi connectivity index (χ0) is 14.4. The fourth-order valence-electron chi connectivity index (χ4n) is 1.93. The summed E-state index contributed by atoms with van der Waals surface area (Å²) in [6, 6.07) is 7.61. The van der Waals surface area contributed by atoms with Gasteiger partial charge in [0.1, 0.15) is 18.1 Å². The Bertz CT molecular complexity index is 551. The van der Waals surface area contributed by atoms with E-state index in [1.54, 1.807) is 6.26 Å². The van der Waals surface area contributed by atoms with Crippen LogP contribution in [0.15, 0.2) is 34.9 Å². The molecular weight excluding hydrogens is 274 g/mol. The minimum absolute atomic E-state index is 0.427. The Hall–Kier alpha value is -1.45. The number of benzene rings is 1. The summed E-state index contributed by atoms with van der Waals surface area (Å²) in [6.07, 6.45) is 2.90. The first-order valence-corrected chi connectivity index (χ1v) is 7.22. The number of nitrogens with one attached hydrogen (secondary N) is 1. The van der Waals surface area contributed by atoms with Crippen molar-refractivity contribution in [3.63, 3.8) is 0 Å². The highest BCUT2D eigenvalue weighted by Gasteiger charge is 2.05. The normalized spacial score (nSPS) is 10.8. The van der Waals surface area contributed by atoms with Crippen molar-refractivity contribution in [1.82, 2.24) is 5.32 Å². The fourth-order valence-corrected chi connectivity index (χ4v) is 2.15. The van der Waals surface area contributed by atoms with Crippen molar-refractivity contribution >= 4 is 11.6 Å². The summed E-state index contributed by atoms with van der Waals surface area (Å²) < 4.78 is 11.2. The van der Waals surface area contributed by atoms with E-state index in [9.17, 15) is 0 Å². The second kappa shape index (κ2) is 7.36. The maximum atomic E-state index is 5.92. The number of ether oxygens (including phenoxy) is 1. The highest BCUT2D eigenvalue weighted by Crippen LogP contribution is 2.23. The van der Waals surface area contributed by atoms with E-state index in [2.05, 4.69) is 12.2 Å². The van der Waals surface area contributed by atoms with Crippen molar-refractivity contribution in [3.8, 4) is 5.75 Å². The lowest BCUT2D eigenvalue weighted by Crippen LogP contribution is -2.13. The smallest absolute Gasteiger partial charge is 0.146 e. The van der Waals surface area contributed by atoms with Crippen molar-refractivity contribution in [1.29, 1.82) is 0 Å². The molecule has 4 heteroatoms. The first-order valence-electron chi connectivity index (χ1n) is 6.85. The maximum absolute atomic E-state index is 5.92. The molecule has 0 saturated carbocycles. The summed E-state index contributed by atoms with van der Waals surface area (Å²) in [6.45, 7) is 6.40. The third kappa shape index (κ3) is 4.29.